The zero-order valence-corrected chi connectivity index (χ0v) is 19.4. The van der Waals surface area contributed by atoms with Gasteiger partial charge in [0.2, 0.25) is 11.8 Å². The maximum Gasteiger partial charge on any atom is 0.407 e. The lowest BCUT2D eigenvalue weighted by molar-refractivity contribution is 0.0932. The number of benzene rings is 2. The van der Waals surface area contributed by atoms with Crippen LogP contribution in [0.4, 0.5) is 22.1 Å². The van der Waals surface area contributed by atoms with Gasteiger partial charge in [-0.3, -0.25) is 9.69 Å². The normalized spacial score (nSPS) is 12.6. The number of aromatic nitrogens is 2. The number of para-hydroxylation sites is 1. The Morgan fingerprint density at radius 3 is 2.62 bits per heavy atom. The van der Waals surface area contributed by atoms with Crippen molar-refractivity contribution in [1.29, 1.82) is 0 Å². The van der Waals surface area contributed by atoms with Gasteiger partial charge in [0.05, 0.1) is 22.3 Å². The molecule has 12 heteroatoms. The maximum absolute atomic E-state index is 13.0. The molecule has 3 aromatic rings. The van der Waals surface area contributed by atoms with Gasteiger partial charge in [-0.2, -0.15) is 4.98 Å². The molecule has 0 fully saturated rings. The molecule has 176 valence electrons. The molecule has 0 spiro atoms. The molecule has 2 amide bonds. The fourth-order valence-corrected chi connectivity index (χ4v) is 3.69. The SMILES string of the molecule is CN(CCOc1ccc(Nc2ncc3c(n2)OCN(c2c(Cl)cccc2Cl)C3=O)cc1)C(=O)O. The molecule has 1 aliphatic heterocycles. The quantitative estimate of drug-likeness (QED) is 0.483. The molecule has 0 saturated carbocycles. The van der Waals surface area contributed by atoms with E-state index in [0.717, 1.165) is 4.90 Å². The van der Waals surface area contributed by atoms with E-state index >= 15 is 0 Å². The maximum atomic E-state index is 13.0. The van der Waals surface area contributed by atoms with E-state index in [1.54, 1.807) is 42.5 Å². The second kappa shape index (κ2) is 10.0. The molecule has 0 atom stereocenters. The number of hydrogen-bond acceptors (Lipinski definition) is 7. The minimum atomic E-state index is -1.01. The second-order valence-corrected chi connectivity index (χ2v) is 8.01. The van der Waals surface area contributed by atoms with Gasteiger partial charge in [-0.1, -0.05) is 29.3 Å². The number of hydrogen-bond donors (Lipinski definition) is 2. The van der Waals surface area contributed by atoms with Gasteiger partial charge in [0.25, 0.3) is 5.91 Å². The summed E-state index contributed by atoms with van der Waals surface area (Å²) in [7, 11) is 1.47. The summed E-state index contributed by atoms with van der Waals surface area (Å²) >= 11 is 12.5. The third kappa shape index (κ3) is 5.08. The van der Waals surface area contributed by atoms with Gasteiger partial charge in [-0.05, 0) is 36.4 Å². The van der Waals surface area contributed by atoms with E-state index in [4.69, 9.17) is 37.8 Å². The number of carbonyl (C=O) groups is 2. The van der Waals surface area contributed by atoms with E-state index in [0.29, 0.717) is 27.2 Å². The van der Waals surface area contributed by atoms with Gasteiger partial charge in [0.1, 0.15) is 17.9 Å². The Bertz CT molecular complexity index is 1200. The number of rotatable bonds is 7. The van der Waals surface area contributed by atoms with Crippen molar-refractivity contribution in [1.82, 2.24) is 14.9 Å². The lowest BCUT2D eigenvalue weighted by Gasteiger charge is -2.29. The number of nitrogens with one attached hydrogen (secondary N) is 1. The Kier molecular flexibility index (Phi) is 6.90. The fourth-order valence-electron chi connectivity index (χ4n) is 3.09. The predicted molar refractivity (Wildman–Crippen MR) is 127 cm³/mol. The van der Waals surface area contributed by atoms with Crippen molar-refractivity contribution in [2.45, 2.75) is 0 Å². The van der Waals surface area contributed by atoms with Gasteiger partial charge in [-0.25, -0.2) is 9.78 Å². The van der Waals surface area contributed by atoms with Crippen LogP contribution < -0.4 is 19.7 Å². The molecule has 2 aromatic carbocycles. The average molecular weight is 504 g/mol. The van der Waals surface area contributed by atoms with E-state index in [1.807, 2.05) is 0 Å². The summed E-state index contributed by atoms with van der Waals surface area (Å²) in [4.78, 5) is 34.7. The fraction of sp³-hybridized carbons (Fsp3) is 0.182. The number of anilines is 3. The molecule has 0 bridgehead atoms. The van der Waals surface area contributed by atoms with Gasteiger partial charge in [0, 0.05) is 18.9 Å². The molecule has 0 radical (unpaired) electrons. The number of carboxylic acid groups (broad SMARTS) is 1. The molecule has 10 nitrogen and oxygen atoms in total. The van der Waals surface area contributed by atoms with Crippen LogP contribution in [0.1, 0.15) is 10.4 Å². The van der Waals surface area contributed by atoms with Crippen molar-refractivity contribution in [3.63, 3.8) is 0 Å². The molecular formula is C22H19Cl2N5O5. The zero-order chi connectivity index (χ0) is 24.2. The summed E-state index contributed by atoms with van der Waals surface area (Å²) in [6.07, 6.45) is 0.361. The van der Waals surface area contributed by atoms with Gasteiger partial charge in [-0.15, -0.1) is 0 Å². The highest BCUT2D eigenvalue weighted by Gasteiger charge is 2.31. The number of nitrogens with zero attached hydrogens (tertiary/aromatic N) is 4. The van der Waals surface area contributed by atoms with Crippen molar-refractivity contribution < 1.29 is 24.2 Å². The molecule has 2 heterocycles. The smallest absolute Gasteiger partial charge is 0.407 e. The summed E-state index contributed by atoms with van der Waals surface area (Å²) in [5.74, 6) is 0.595. The molecule has 1 aromatic heterocycles. The lowest BCUT2D eigenvalue weighted by Crippen LogP contribution is -2.39. The molecule has 0 aliphatic carbocycles. The van der Waals surface area contributed by atoms with Crippen molar-refractivity contribution in [2.24, 2.45) is 0 Å². The Labute approximate surface area is 204 Å². The first-order chi connectivity index (χ1) is 16.3. The third-order valence-electron chi connectivity index (χ3n) is 4.90. The third-order valence-corrected chi connectivity index (χ3v) is 5.51. The minimum absolute atomic E-state index is 0.102. The van der Waals surface area contributed by atoms with Crippen molar-refractivity contribution in [3.05, 3.63) is 64.3 Å². The minimum Gasteiger partial charge on any atom is -0.492 e. The summed E-state index contributed by atoms with van der Waals surface area (Å²) < 4.78 is 11.2. The molecular weight excluding hydrogens is 485 g/mol. The van der Waals surface area contributed by atoms with Crippen molar-refractivity contribution in [2.75, 3.05) is 37.1 Å². The lowest BCUT2D eigenvalue weighted by atomic mass is 10.2. The van der Waals surface area contributed by atoms with Gasteiger partial charge in [0.15, 0.2) is 6.73 Å². The first-order valence-corrected chi connectivity index (χ1v) is 10.8. The largest absolute Gasteiger partial charge is 0.492 e. The van der Waals surface area contributed by atoms with Crippen LogP contribution in [0.25, 0.3) is 0 Å². The number of fused-ring (bicyclic) bond motifs is 1. The summed E-state index contributed by atoms with van der Waals surface area (Å²) in [6, 6.07) is 11.9. The van der Waals surface area contributed by atoms with Crippen molar-refractivity contribution >= 4 is 52.5 Å². The van der Waals surface area contributed by atoms with Crippen molar-refractivity contribution in [3.8, 4) is 11.6 Å². The Morgan fingerprint density at radius 2 is 1.94 bits per heavy atom. The van der Waals surface area contributed by atoms with Crippen LogP contribution >= 0.6 is 23.2 Å². The van der Waals surface area contributed by atoms with Crippen LogP contribution in [-0.2, 0) is 0 Å². The number of halogens is 2. The second-order valence-electron chi connectivity index (χ2n) is 7.19. The predicted octanol–water partition coefficient (Wildman–Crippen LogP) is 4.51. The first-order valence-electron chi connectivity index (χ1n) is 10.0. The number of ether oxygens (including phenoxy) is 2. The molecule has 0 saturated heterocycles. The van der Waals surface area contributed by atoms with Crippen LogP contribution in [0.2, 0.25) is 10.0 Å². The average Bonchev–Trinajstić information content (AvgIpc) is 2.81. The summed E-state index contributed by atoms with van der Waals surface area (Å²) in [5.41, 5.74) is 1.23. The number of carbonyl (C=O) groups excluding carboxylic acids is 1. The molecule has 1 aliphatic rings. The highest BCUT2D eigenvalue weighted by atomic mass is 35.5. The Balaban J connectivity index is 1.41. The van der Waals surface area contributed by atoms with Crippen LogP contribution in [0, 0.1) is 0 Å². The molecule has 4 rings (SSSR count). The zero-order valence-electron chi connectivity index (χ0n) is 17.9. The molecule has 34 heavy (non-hydrogen) atoms. The Morgan fingerprint density at radius 1 is 1.24 bits per heavy atom. The van der Waals surface area contributed by atoms with Crippen LogP contribution in [0.3, 0.4) is 0 Å². The summed E-state index contributed by atoms with van der Waals surface area (Å²) in [6.45, 7) is 0.372. The first kappa shape index (κ1) is 23.4. The van der Waals surface area contributed by atoms with E-state index in [2.05, 4.69) is 15.3 Å². The molecule has 2 N–H and O–H groups in total. The van der Waals surface area contributed by atoms with Gasteiger partial charge < -0.3 is 24.8 Å². The van der Waals surface area contributed by atoms with E-state index in [9.17, 15) is 9.59 Å². The molecule has 0 unspecified atom stereocenters. The van der Waals surface area contributed by atoms with E-state index in [1.165, 1.54) is 18.1 Å². The highest BCUT2D eigenvalue weighted by molar-refractivity contribution is 6.40. The number of amides is 2. The Hall–Kier alpha value is -3.76. The van der Waals surface area contributed by atoms with E-state index in [-0.39, 0.29) is 43.2 Å². The van der Waals surface area contributed by atoms with E-state index < -0.39 is 6.09 Å². The topological polar surface area (TPSA) is 117 Å². The monoisotopic (exact) mass is 503 g/mol. The highest BCUT2D eigenvalue weighted by Crippen LogP contribution is 2.37. The standard InChI is InChI=1S/C22H19Cl2N5O5/c1-28(22(31)32)9-10-33-14-7-5-13(6-8-14)26-21-25-11-15-19(27-21)34-12-29(20(15)30)18-16(23)3-2-4-17(18)24/h2-8,11H,9-10,12H2,1H3,(H,31,32)(H,25,26,27). The van der Waals surface area contributed by atoms with Crippen LogP contribution in [-0.4, -0.2) is 58.9 Å². The summed E-state index contributed by atoms with van der Waals surface area (Å²) in [5, 5.41) is 12.5. The number of likely N-dealkylation sites (N-methyl/N-ethyl adjacent to an activating group) is 1. The van der Waals surface area contributed by atoms with Crippen LogP contribution in [0.5, 0.6) is 11.6 Å². The van der Waals surface area contributed by atoms with Gasteiger partial charge >= 0.3 is 6.09 Å². The van der Waals surface area contributed by atoms with Crippen LogP contribution in [0.15, 0.2) is 48.7 Å².